The van der Waals surface area contributed by atoms with Crippen molar-refractivity contribution in [2.24, 2.45) is 5.73 Å². The van der Waals surface area contributed by atoms with Crippen molar-refractivity contribution in [1.82, 2.24) is 5.32 Å². The largest absolute Gasteiger partial charge is 0.446 e. The zero-order chi connectivity index (χ0) is 19.3. The number of rotatable bonds is 6. The van der Waals surface area contributed by atoms with E-state index >= 15 is 0 Å². The molecule has 0 aliphatic rings. The predicted molar refractivity (Wildman–Crippen MR) is 92.7 cm³/mol. The van der Waals surface area contributed by atoms with Crippen molar-refractivity contribution in [2.75, 3.05) is 6.54 Å². The van der Waals surface area contributed by atoms with E-state index in [1.54, 1.807) is 12.1 Å². The van der Waals surface area contributed by atoms with Crippen LogP contribution in [-0.2, 0) is 14.3 Å². The maximum Gasteiger partial charge on any atom is 0.326 e. The van der Waals surface area contributed by atoms with Crippen LogP contribution in [0.15, 0.2) is 42.5 Å². The first-order valence-electron chi connectivity index (χ1n) is 7.87. The Labute approximate surface area is 150 Å². The van der Waals surface area contributed by atoms with Crippen LogP contribution in [-0.4, -0.2) is 24.3 Å². The second-order valence-electron chi connectivity index (χ2n) is 5.88. The van der Waals surface area contributed by atoms with Crippen LogP contribution in [0, 0.1) is 19.7 Å². The molecular weight excluding hydrogens is 339 g/mol. The van der Waals surface area contributed by atoms with E-state index in [-0.39, 0.29) is 5.56 Å². The fourth-order valence-electron chi connectivity index (χ4n) is 2.46. The molecule has 0 spiro atoms. The van der Waals surface area contributed by atoms with Gasteiger partial charge in [-0.05, 0) is 38.1 Å². The normalized spacial score (nSPS) is 11.5. The average Bonchev–Trinajstić information content (AvgIpc) is 2.57. The highest BCUT2D eigenvalue weighted by atomic mass is 19.1. The minimum Gasteiger partial charge on any atom is -0.446 e. The summed E-state index contributed by atoms with van der Waals surface area (Å²) in [5, 5.41) is 2.43. The van der Waals surface area contributed by atoms with Gasteiger partial charge in [0.1, 0.15) is 12.4 Å². The van der Waals surface area contributed by atoms with Gasteiger partial charge in [-0.2, -0.15) is 0 Å². The molecule has 0 saturated carbocycles. The van der Waals surface area contributed by atoms with Crippen LogP contribution in [0.2, 0.25) is 0 Å². The lowest BCUT2D eigenvalue weighted by atomic mass is 10.1. The summed E-state index contributed by atoms with van der Waals surface area (Å²) < 4.78 is 18.0. The van der Waals surface area contributed by atoms with Crippen LogP contribution in [0.25, 0.3) is 0 Å². The third-order valence-corrected chi connectivity index (χ3v) is 3.56. The maximum atomic E-state index is 13.0. The van der Waals surface area contributed by atoms with Gasteiger partial charge in [-0.15, -0.1) is 0 Å². The van der Waals surface area contributed by atoms with Crippen molar-refractivity contribution >= 4 is 17.8 Å². The van der Waals surface area contributed by atoms with Gasteiger partial charge in [-0.3, -0.25) is 14.4 Å². The van der Waals surface area contributed by atoms with Gasteiger partial charge in [0.05, 0.1) is 0 Å². The standard InChI is InChI=1S/C19H19FN2O4/c1-11-7-12(2)9-14(8-11)19(25)22-10-16(23)26-17(18(21)24)13-3-5-15(20)6-4-13/h3-9,17H,10H2,1-2H3,(H2,21,24)(H,22,25)/t17-/m1/s1. The van der Waals surface area contributed by atoms with Crippen molar-refractivity contribution in [1.29, 1.82) is 0 Å². The first-order chi connectivity index (χ1) is 12.3. The maximum absolute atomic E-state index is 13.0. The molecule has 0 aromatic heterocycles. The van der Waals surface area contributed by atoms with E-state index in [0.717, 1.165) is 23.3 Å². The van der Waals surface area contributed by atoms with Crippen molar-refractivity contribution in [3.05, 3.63) is 70.5 Å². The Kier molecular flexibility index (Phi) is 6.06. The Morgan fingerprint density at radius 2 is 1.65 bits per heavy atom. The fourth-order valence-corrected chi connectivity index (χ4v) is 2.46. The molecule has 0 saturated heterocycles. The van der Waals surface area contributed by atoms with E-state index in [4.69, 9.17) is 10.5 Å². The van der Waals surface area contributed by atoms with Gasteiger partial charge in [0, 0.05) is 11.1 Å². The number of benzene rings is 2. The first kappa shape index (κ1) is 19.1. The average molecular weight is 358 g/mol. The number of carbonyl (C=O) groups is 3. The van der Waals surface area contributed by atoms with Crippen molar-refractivity contribution < 1.29 is 23.5 Å². The van der Waals surface area contributed by atoms with E-state index in [2.05, 4.69) is 5.32 Å². The summed E-state index contributed by atoms with van der Waals surface area (Å²) in [5.74, 6) is -2.67. The molecule has 6 nitrogen and oxygen atoms in total. The Balaban J connectivity index is 1.98. The van der Waals surface area contributed by atoms with Gasteiger partial charge in [0.2, 0.25) is 6.10 Å². The number of carbonyl (C=O) groups excluding carboxylic acids is 3. The zero-order valence-electron chi connectivity index (χ0n) is 14.4. The number of nitrogens with one attached hydrogen (secondary N) is 1. The highest BCUT2D eigenvalue weighted by Crippen LogP contribution is 2.17. The van der Waals surface area contributed by atoms with Gasteiger partial charge in [0.15, 0.2) is 0 Å². The summed E-state index contributed by atoms with van der Waals surface area (Å²) in [7, 11) is 0. The second kappa shape index (κ2) is 8.24. The molecule has 7 heteroatoms. The third kappa shape index (κ3) is 5.14. The molecule has 3 N–H and O–H groups in total. The van der Waals surface area contributed by atoms with Gasteiger partial charge in [-0.1, -0.05) is 29.3 Å². The van der Waals surface area contributed by atoms with Crippen LogP contribution in [0.1, 0.15) is 33.2 Å². The van der Waals surface area contributed by atoms with Gasteiger partial charge < -0.3 is 15.8 Å². The molecule has 0 aliphatic heterocycles. The van der Waals surface area contributed by atoms with Crippen molar-refractivity contribution in [3.63, 3.8) is 0 Å². The number of aryl methyl sites for hydroxylation is 2. The van der Waals surface area contributed by atoms with Crippen LogP contribution < -0.4 is 11.1 Å². The van der Waals surface area contributed by atoms with Crippen molar-refractivity contribution in [3.8, 4) is 0 Å². The molecule has 1 atom stereocenters. The highest BCUT2D eigenvalue weighted by Gasteiger charge is 2.23. The third-order valence-electron chi connectivity index (χ3n) is 3.56. The van der Waals surface area contributed by atoms with Crippen LogP contribution in [0.4, 0.5) is 4.39 Å². The summed E-state index contributed by atoms with van der Waals surface area (Å²) in [6.45, 7) is 3.28. The topological polar surface area (TPSA) is 98.5 Å². The number of hydrogen-bond donors (Lipinski definition) is 2. The smallest absolute Gasteiger partial charge is 0.326 e. The molecule has 26 heavy (non-hydrogen) atoms. The van der Waals surface area contributed by atoms with Gasteiger partial charge in [-0.25, -0.2) is 4.39 Å². The molecule has 2 amide bonds. The molecule has 0 fully saturated rings. The number of halogens is 1. The zero-order valence-corrected chi connectivity index (χ0v) is 14.4. The quantitative estimate of drug-likeness (QED) is 0.771. The molecule has 0 radical (unpaired) electrons. The summed E-state index contributed by atoms with van der Waals surface area (Å²) in [5.41, 5.74) is 7.74. The predicted octanol–water partition coefficient (Wildman–Crippen LogP) is 1.94. The lowest BCUT2D eigenvalue weighted by molar-refractivity contribution is -0.154. The molecule has 2 aromatic rings. The number of hydrogen-bond acceptors (Lipinski definition) is 4. The summed E-state index contributed by atoms with van der Waals surface area (Å²) in [6, 6.07) is 10.2. The summed E-state index contributed by atoms with van der Waals surface area (Å²) >= 11 is 0. The Hall–Kier alpha value is -3.22. The summed E-state index contributed by atoms with van der Waals surface area (Å²) in [4.78, 5) is 35.6. The molecule has 2 rings (SSSR count). The number of primary amides is 1. The molecular formula is C19H19FN2O4. The second-order valence-corrected chi connectivity index (χ2v) is 5.88. The fraction of sp³-hybridized carbons (Fsp3) is 0.211. The number of nitrogens with two attached hydrogens (primary N) is 1. The number of ether oxygens (including phenoxy) is 1. The summed E-state index contributed by atoms with van der Waals surface area (Å²) in [6.07, 6.45) is -1.36. The minimum atomic E-state index is -1.36. The lowest BCUT2D eigenvalue weighted by Crippen LogP contribution is -2.34. The van der Waals surface area contributed by atoms with Gasteiger partial charge in [0.25, 0.3) is 11.8 Å². The van der Waals surface area contributed by atoms with Gasteiger partial charge >= 0.3 is 5.97 Å². The first-order valence-corrected chi connectivity index (χ1v) is 7.87. The number of esters is 1. The molecule has 0 unspecified atom stereocenters. The van der Waals surface area contributed by atoms with Crippen LogP contribution in [0.3, 0.4) is 0 Å². The van der Waals surface area contributed by atoms with Crippen LogP contribution in [0.5, 0.6) is 0 Å². The van der Waals surface area contributed by atoms with Crippen molar-refractivity contribution in [2.45, 2.75) is 20.0 Å². The Bertz CT molecular complexity index is 814. The highest BCUT2D eigenvalue weighted by molar-refractivity contribution is 5.96. The monoisotopic (exact) mass is 358 g/mol. The van der Waals surface area contributed by atoms with E-state index < -0.39 is 36.2 Å². The number of amides is 2. The van der Waals surface area contributed by atoms with E-state index in [1.165, 1.54) is 12.1 Å². The van der Waals surface area contributed by atoms with E-state index in [0.29, 0.717) is 5.56 Å². The minimum absolute atomic E-state index is 0.243. The molecule has 136 valence electrons. The lowest BCUT2D eigenvalue weighted by Gasteiger charge is -2.15. The molecule has 0 heterocycles. The van der Waals surface area contributed by atoms with E-state index in [1.807, 2.05) is 19.9 Å². The molecule has 0 aliphatic carbocycles. The van der Waals surface area contributed by atoms with Crippen LogP contribution >= 0.6 is 0 Å². The Morgan fingerprint density at radius 1 is 1.08 bits per heavy atom. The Morgan fingerprint density at radius 3 is 2.19 bits per heavy atom. The molecule has 0 bridgehead atoms. The molecule has 2 aromatic carbocycles. The SMILES string of the molecule is Cc1cc(C)cc(C(=O)NCC(=O)O[C@@H](C(N)=O)c2ccc(F)cc2)c1. The van der Waals surface area contributed by atoms with E-state index in [9.17, 15) is 18.8 Å².